The molecule has 0 aliphatic rings. The van der Waals surface area contributed by atoms with Crippen molar-refractivity contribution in [2.45, 2.75) is 0 Å². The van der Waals surface area contributed by atoms with Gasteiger partial charge in [0.25, 0.3) is 0 Å². The van der Waals surface area contributed by atoms with Gasteiger partial charge < -0.3 is 9.80 Å². The Labute approximate surface area is 419 Å². The van der Waals surface area contributed by atoms with Crippen LogP contribution in [0.3, 0.4) is 0 Å². The summed E-state index contributed by atoms with van der Waals surface area (Å²) < 4.78 is 0. The standard InChI is InChI=1S/C68H46N4/c1-4-16-53(17-5-1)71(54-18-6-2-7-19-54)56-32-34-57(35-33-56)72(55-20-8-3-9-21-55)58-36-37-65-66(44-58)68(62-25-13-11-23-60(62)50-29-28-47-38-40-70-46-52(47)43-50)64-27-15-14-26-63(64)67(65)61-24-12-10-22-59(61)49-30-31-51-45-69-41-39-48(51)42-49/h1-46H. The first-order valence-electron chi connectivity index (χ1n) is 24.4. The molecule has 0 radical (unpaired) electrons. The van der Waals surface area contributed by atoms with Crippen LogP contribution in [0.25, 0.3) is 87.6 Å². The molecule has 0 atom stereocenters. The average molecular weight is 919 g/mol. The minimum atomic E-state index is 1.05. The van der Waals surface area contributed by atoms with E-state index in [1.165, 1.54) is 49.4 Å². The summed E-state index contributed by atoms with van der Waals surface area (Å²) in [6, 6.07) is 92.3. The summed E-state index contributed by atoms with van der Waals surface area (Å²) in [7, 11) is 0. The van der Waals surface area contributed by atoms with Gasteiger partial charge in [-0.05, 0) is 174 Å². The maximum absolute atomic E-state index is 4.50. The van der Waals surface area contributed by atoms with Gasteiger partial charge in [0.05, 0.1) is 0 Å². The molecule has 0 aliphatic heterocycles. The number of aromatic nitrogens is 2. The highest BCUT2D eigenvalue weighted by molar-refractivity contribution is 6.24. The molecule has 0 N–H and O–H groups in total. The fraction of sp³-hybridized carbons (Fsp3) is 0. The Hall–Kier alpha value is -9.64. The van der Waals surface area contributed by atoms with E-state index in [2.05, 4.69) is 275 Å². The van der Waals surface area contributed by atoms with Crippen molar-refractivity contribution < 1.29 is 0 Å². The Morgan fingerprint density at radius 1 is 0.236 bits per heavy atom. The van der Waals surface area contributed by atoms with Gasteiger partial charge in [-0.2, -0.15) is 0 Å². The van der Waals surface area contributed by atoms with E-state index < -0.39 is 0 Å². The summed E-state index contributed by atoms with van der Waals surface area (Å²) in [6.07, 6.45) is 7.63. The molecule has 0 aliphatic carbocycles. The van der Waals surface area contributed by atoms with E-state index in [4.69, 9.17) is 0 Å². The Bertz CT molecular complexity index is 4060. The third kappa shape index (κ3) is 7.68. The van der Waals surface area contributed by atoms with Crippen molar-refractivity contribution in [3.8, 4) is 44.5 Å². The summed E-state index contributed by atoms with van der Waals surface area (Å²) in [5.41, 5.74) is 15.8. The molecule has 0 amide bonds. The van der Waals surface area contributed by atoms with Crippen LogP contribution in [0.4, 0.5) is 34.1 Å². The van der Waals surface area contributed by atoms with E-state index in [1.807, 2.05) is 24.8 Å². The molecule has 0 saturated carbocycles. The molecule has 13 aromatic rings. The fourth-order valence-corrected chi connectivity index (χ4v) is 10.7. The van der Waals surface area contributed by atoms with Gasteiger partial charge in [0.1, 0.15) is 0 Å². The number of fused-ring (bicyclic) bond motifs is 4. The largest absolute Gasteiger partial charge is 0.311 e. The van der Waals surface area contributed by atoms with Gasteiger partial charge in [-0.3, -0.25) is 9.97 Å². The molecular formula is C68H46N4. The van der Waals surface area contributed by atoms with Gasteiger partial charge in [-0.25, -0.2) is 0 Å². The lowest BCUT2D eigenvalue weighted by molar-refractivity contribution is 1.26. The van der Waals surface area contributed by atoms with Crippen LogP contribution < -0.4 is 9.80 Å². The minimum Gasteiger partial charge on any atom is -0.311 e. The molecule has 338 valence electrons. The molecular weight excluding hydrogens is 873 g/mol. The third-order valence-corrected chi connectivity index (χ3v) is 14.0. The predicted octanol–water partition coefficient (Wildman–Crippen LogP) is 18.7. The first-order valence-corrected chi connectivity index (χ1v) is 24.4. The number of rotatable bonds is 10. The second-order valence-corrected chi connectivity index (χ2v) is 18.2. The quantitative estimate of drug-likeness (QED) is 0.128. The highest BCUT2D eigenvalue weighted by Gasteiger charge is 2.23. The van der Waals surface area contributed by atoms with E-state index in [0.717, 1.165) is 72.4 Å². The Balaban J connectivity index is 1.06. The Morgan fingerprint density at radius 3 is 1.18 bits per heavy atom. The smallest absolute Gasteiger partial charge is 0.0468 e. The lowest BCUT2D eigenvalue weighted by Gasteiger charge is -2.29. The topological polar surface area (TPSA) is 32.3 Å². The van der Waals surface area contributed by atoms with Crippen molar-refractivity contribution >= 4 is 77.2 Å². The first kappa shape index (κ1) is 42.5. The van der Waals surface area contributed by atoms with E-state index >= 15 is 0 Å². The van der Waals surface area contributed by atoms with Crippen LogP contribution in [0.15, 0.2) is 280 Å². The second kappa shape index (κ2) is 18.4. The van der Waals surface area contributed by atoms with Crippen molar-refractivity contribution in [1.29, 1.82) is 0 Å². The number of anilines is 6. The number of benzene rings is 11. The van der Waals surface area contributed by atoms with Crippen LogP contribution in [-0.4, -0.2) is 9.97 Å². The monoisotopic (exact) mass is 918 g/mol. The van der Waals surface area contributed by atoms with Crippen molar-refractivity contribution in [3.63, 3.8) is 0 Å². The lowest BCUT2D eigenvalue weighted by atomic mass is 9.82. The molecule has 2 aromatic heterocycles. The average Bonchev–Trinajstić information content (AvgIpc) is 3.45. The maximum Gasteiger partial charge on any atom is 0.0468 e. The Kier molecular flexibility index (Phi) is 10.8. The summed E-state index contributed by atoms with van der Waals surface area (Å²) in [5, 5.41) is 9.27. The molecule has 0 unspecified atom stereocenters. The van der Waals surface area contributed by atoms with E-state index in [0.29, 0.717) is 0 Å². The predicted molar refractivity (Wildman–Crippen MR) is 303 cm³/mol. The highest BCUT2D eigenvalue weighted by Crippen LogP contribution is 2.50. The van der Waals surface area contributed by atoms with Crippen LogP contribution in [0.5, 0.6) is 0 Å². The zero-order valence-corrected chi connectivity index (χ0v) is 39.3. The number of hydrogen-bond donors (Lipinski definition) is 0. The van der Waals surface area contributed by atoms with Crippen molar-refractivity contribution in [1.82, 2.24) is 9.97 Å². The fourth-order valence-electron chi connectivity index (χ4n) is 10.7. The van der Waals surface area contributed by atoms with Crippen molar-refractivity contribution in [2.75, 3.05) is 9.80 Å². The Morgan fingerprint density at radius 2 is 0.625 bits per heavy atom. The van der Waals surface area contributed by atoms with Gasteiger partial charge in [-0.15, -0.1) is 0 Å². The first-order chi connectivity index (χ1) is 35.7. The van der Waals surface area contributed by atoms with Gasteiger partial charge >= 0.3 is 0 Å². The number of nitrogens with zero attached hydrogens (tertiary/aromatic N) is 4. The van der Waals surface area contributed by atoms with Crippen LogP contribution in [0, 0.1) is 0 Å². The third-order valence-electron chi connectivity index (χ3n) is 14.0. The van der Waals surface area contributed by atoms with E-state index in [9.17, 15) is 0 Å². The zero-order valence-electron chi connectivity index (χ0n) is 39.3. The SMILES string of the molecule is c1ccc(N(c2ccccc2)c2ccc(N(c3ccccc3)c3ccc4c(-c5ccccc5-c5ccc6cnccc6c5)c5ccccc5c(-c5ccccc5-c5ccc6ccncc6c5)c4c3)cc2)cc1. The molecule has 11 aromatic carbocycles. The zero-order chi connectivity index (χ0) is 47.8. The van der Waals surface area contributed by atoms with Crippen molar-refractivity contribution in [2.24, 2.45) is 0 Å². The minimum absolute atomic E-state index is 1.05. The van der Waals surface area contributed by atoms with Crippen LogP contribution in [0.2, 0.25) is 0 Å². The van der Waals surface area contributed by atoms with Gasteiger partial charge in [0.2, 0.25) is 0 Å². The van der Waals surface area contributed by atoms with E-state index in [-0.39, 0.29) is 0 Å². The molecule has 0 spiro atoms. The van der Waals surface area contributed by atoms with Gasteiger partial charge in [0, 0.05) is 69.7 Å². The normalized spacial score (nSPS) is 11.3. The number of pyridine rings is 2. The number of hydrogen-bond acceptors (Lipinski definition) is 4. The molecule has 13 rings (SSSR count). The van der Waals surface area contributed by atoms with E-state index in [1.54, 1.807) is 0 Å². The maximum atomic E-state index is 4.50. The highest BCUT2D eigenvalue weighted by atomic mass is 15.2. The van der Waals surface area contributed by atoms with Crippen LogP contribution in [-0.2, 0) is 0 Å². The summed E-state index contributed by atoms with van der Waals surface area (Å²) in [5.74, 6) is 0. The summed E-state index contributed by atoms with van der Waals surface area (Å²) in [6.45, 7) is 0. The van der Waals surface area contributed by atoms with Gasteiger partial charge in [0.15, 0.2) is 0 Å². The molecule has 0 saturated heterocycles. The molecule has 0 bridgehead atoms. The molecule has 4 nitrogen and oxygen atoms in total. The molecule has 72 heavy (non-hydrogen) atoms. The molecule has 4 heteroatoms. The summed E-state index contributed by atoms with van der Waals surface area (Å²) in [4.78, 5) is 13.6. The van der Waals surface area contributed by atoms with Crippen LogP contribution >= 0.6 is 0 Å². The van der Waals surface area contributed by atoms with Crippen molar-refractivity contribution in [3.05, 3.63) is 280 Å². The summed E-state index contributed by atoms with van der Waals surface area (Å²) >= 11 is 0. The van der Waals surface area contributed by atoms with Crippen LogP contribution in [0.1, 0.15) is 0 Å². The number of para-hydroxylation sites is 3. The molecule has 0 fully saturated rings. The lowest BCUT2D eigenvalue weighted by Crippen LogP contribution is -2.12. The second-order valence-electron chi connectivity index (χ2n) is 18.2. The van der Waals surface area contributed by atoms with Gasteiger partial charge in [-0.1, -0.05) is 158 Å². The molecule has 2 heterocycles.